The molecule has 2 rings (SSSR count). The molecule has 1 saturated heterocycles. The number of hydrogen-bond donors (Lipinski definition) is 1. The Bertz CT molecular complexity index is 469. The number of hydrogen-bond acceptors (Lipinski definition) is 5. The van der Waals surface area contributed by atoms with Crippen molar-refractivity contribution in [2.75, 3.05) is 18.8 Å². The molecule has 5 nitrogen and oxygen atoms in total. The number of nitrogens with zero attached hydrogens (tertiary/aromatic N) is 2. The average Bonchev–Trinajstić information content (AvgIpc) is 2.30. The molecule has 0 bridgehead atoms. The fourth-order valence-corrected chi connectivity index (χ4v) is 3.55. The first kappa shape index (κ1) is 12.7. The van der Waals surface area contributed by atoms with Crippen molar-refractivity contribution in [1.29, 1.82) is 0 Å². The molecule has 0 radical (unpaired) electrons. The number of piperidine rings is 1. The predicted octanol–water partition coefficient (Wildman–Crippen LogP) is 0.903. The molecule has 17 heavy (non-hydrogen) atoms. The van der Waals surface area contributed by atoms with Gasteiger partial charge < -0.3 is 5.32 Å². The Balaban J connectivity index is 2.10. The fourth-order valence-electron chi connectivity index (χ4n) is 1.93. The van der Waals surface area contributed by atoms with Crippen LogP contribution >= 0.6 is 11.6 Å². The molecule has 1 atom stereocenters. The molecule has 0 aliphatic carbocycles. The van der Waals surface area contributed by atoms with Crippen LogP contribution in [0.3, 0.4) is 0 Å². The second kappa shape index (κ2) is 5.29. The van der Waals surface area contributed by atoms with Crippen molar-refractivity contribution >= 4 is 21.4 Å². The minimum Gasteiger partial charge on any atom is -0.316 e. The molecule has 0 spiro atoms. The van der Waals surface area contributed by atoms with E-state index in [1.165, 1.54) is 12.1 Å². The number of rotatable bonds is 3. The monoisotopic (exact) mass is 275 g/mol. The lowest BCUT2D eigenvalue weighted by molar-refractivity contribution is 0.403. The summed E-state index contributed by atoms with van der Waals surface area (Å²) in [6.07, 6.45) is 1.96. The molecule has 2 heterocycles. The first-order valence-corrected chi connectivity index (χ1v) is 7.54. The van der Waals surface area contributed by atoms with Crippen LogP contribution in [0.2, 0.25) is 5.15 Å². The van der Waals surface area contributed by atoms with Crippen molar-refractivity contribution in [3.05, 3.63) is 17.3 Å². The standard InChI is InChI=1S/C10H14ClN3O2S/c11-9-3-4-10(14-13-9)17(15,16)7-8-2-1-5-12-6-8/h3-4,8,12H,1-2,5-7H2. The Morgan fingerprint density at radius 1 is 1.41 bits per heavy atom. The van der Waals surface area contributed by atoms with Crippen molar-refractivity contribution in [3.63, 3.8) is 0 Å². The van der Waals surface area contributed by atoms with Crippen LogP contribution in [0.25, 0.3) is 0 Å². The van der Waals surface area contributed by atoms with E-state index in [0.29, 0.717) is 0 Å². The Morgan fingerprint density at radius 2 is 2.24 bits per heavy atom. The topological polar surface area (TPSA) is 72.0 Å². The largest absolute Gasteiger partial charge is 0.316 e. The highest BCUT2D eigenvalue weighted by atomic mass is 35.5. The Labute approximate surface area is 106 Å². The molecule has 0 saturated carbocycles. The van der Waals surface area contributed by atoms with Crippen molar-refractivity contribution < 1.29 is 8.42 Å². The van der Waals surface area contributed by atoms with Crippen molar-refractivity contribution in [2.45, 2.75) is 17.9 Å². The van der Waals surface area contributed by atoms with E-state index >= 15 is 0 Å². The van der Waals surface area contributed by atoms with Crippen LogP contribution in [-0.2, 0) is 9.84 Å². The minimum absolute atomic E-state index is 0.00692. The van der Waals surface area contributed by atoms with E-state index < -0.39 is 9.84 Å². The molecule has 0 aromatic carbocycles. The lowest BCUT2D eigenvalue weighted by atomic mass is 10.0. The van der Waals surface area contributed by atoms with Crippen LogP contribution in [0.1, 0.15) is 12.8 Å². The first-order chi connectivity index (χ1) is 8.08. The van der Waals surface area contributed by atoms with Gasteiger partial charge in [0, 0.05) is 0 Å². The van der Waals surface area contributed by atoms with E-state index in [1.54, 1.807) is 0 Å². The zero-order valence-electron chi connectivity index (χ0n) is 9.26. The lowest BCUT2D eigenvalue weighted by Crippen LogP contribution is -2.34. The molecule has 1 aliphatic rings. The summed E-state index contributed by atoms with van der Waals surface area (Å²) in [7, 11) is -3.35. The van der Waals surface area contributed by atoms with Gasteiger partial charge in [-0.1, -0.05) is 11.6 Å². The van der Waals surface area contributed by atoms with Crippen LogP contribution < -0.4 is 5.32 Å². The Kier molecular flexibility index (Phi) is 3.96. The summed E-state index contributed by atoms with van der Waals surface area (Å²) in [6, 6.07) is 2.85. The Morgan fingerprint density at radius 3 is 2.82 bits per heavy atom. The van der Waals surface area contributed by atoms with Gasteiger partial charge >= 0.3 is 0 Å². The second-order valence-electron chi connectivity index (χ2n) is 4.19. The number of nitrogens with one attached hydrogen (secondary N) is 1. The maximum Gasteiger partial charge on any atom is 0.197 e. The normalized spacial score (nSPS) is 21.4. The van der Waals surface area contributed by atoms with Crippen molar-refractivity contribution in [1.82, 2.24) is 15.5 Å². The summed E-state index contributed by atoms with van der Waals surface area (Å²) in [4.78, 5) is 0. The highest BCUT2D eigenvalue weighted by Crippen LogP contribution is 2.17. The van der Waals surface area contributed by atoms with Gasteiger partial charge in [-0.3, -0.25) is 0 Å². The van der Waals surface area contributed by atoms with Crippen LogP contribution in [0.4, 0.5) is 0 Å². The molecule has 1 N–H and O–H groups in total. The SMILES string of the molecule is O=S(=O)(CC1CCCNC1)c1ccc(Cl)nn1. The maximum atomic E-state index is 12.0. The molecule has 94 valence electrons. The van der Waals surface area contributed by atoms with Gasteiger partial charge in [-0.2, -0.15) is 0 Å². The Hall–Kier alpha value is -0.720. The van der Waals surface area contributed by atoms with E-state index in [-0.39, 0.29) is 21.8 Å². The van der Waals surface area contributed by atoms with Gasteiger partial charge in [0.1, 0.15) is 0 Å². The molecular formula is C10H14ClN3O2S. The summed E-state index contributed by atoms with van der Waals surface area (Å²) in [5, 5.41) is 10.6. The second-order valence-corrected chi connectivity index (χ2v) is 6.56. The summed E-state index contributed by atoms with van der Waals surface area (Å²) in [5.41, 5.74) is 0. The van der Waals surface area contributed by atoms with Crippen molar-refractivity contribution in [2.24, 2.45) is 5.92 Å². The molecule has 1 aromatic rings. The van der Waals surface area contributed by atoms with Crippen LogP contribution in [0.5, 0.6) is 0 Å². The highest BCUT2D eigenvalue weighted by molar-refractivity contribution is 7.91. The molecule has 1 fully saturated rings. The third-order valence-corrected chi connectivity index (χ3v) is 4.75. The van der Waals surface area contributed by atoms with Gasteiger partial charge in [-0.25, -0.2) is 8.42 Å². The quantitative estimate of drug-likeness (QED) is 0.887. The average molecular weight is 276 g/mol. The highest BCUT2D eigenvalue weighted by Gasteiger charge is 2.24. The summed E-state index contributed by atoms with van der Waals surface area (Å²) < 4.78 is 24.1. The predicted molar refractivity (Wildman–Crippen MR) is 64.7 cm³/mol. The van der Waals surface area contributed by atoms with Gasteiger partial charge in [0.05, 0.1) is 5.75 Å². The zero-order chi connectivity index (χ0) is 12.3. The van der Waals surface area contributed by atoms with E-state index in [9.17, 15) is 8.42 Å². The van der Waals surface area contributed by atoms with E-state index in [2.05, 4.69) is 15.5 Å². The molecule has 0 amide bonds. The molecule has 1 aromatic heterocycles. The summed E-state index contributed by atoms with van der Waals surface area (Å²) >= 11 is 5.58. The third-order valence-electron chi connectivity index (χ3n) is 2.78. The lowest BCUT2D eigenvalue weighted by Gasteiger charge is -2.22. The minimum atomic E-state index is -3.35. The van der Waals surface area contributed by atoms with Crippen molar-refractivity contribution in [3.8, 4) is 0 Å². The maximum absolute atomic E-state index is 12.0. The van der Waals surface area contributed by atoms with Crippen LogP contribution in [0.15, 0.2) is 17.2 Å². The summed E-state index contributed by atoms with van der Waals surface area (Å²) in [5.74, 6) is 0.280. The van der Waals surface area contributed by atoms with Gasteiger partial charge in [0.25, 0.3) is 0 Å². The number of aromatic nitrogens is 2. The third kappa shape index (κ3) is 3.37. The fraction of sp³-hybridized carbons (Fsp3) is 0.600. The van der Waals surface area contributed by atoms with Gasteiger partial charge in [-0.05, 0) is 44.0 Å². The number of halogens is 1. The number of sulfone groups is 1. The summed E-state index contributed by atoms with van der Waals surface area (Å²) in [6.45, 7) is 1.72. The van der Waals surface area contributed by atoms with Gasteiger partial charge in [0.2, 0.25) is 0 Å². The first-order valence-electron chi connectivity index (χ1n) is 5.50. The van der Waals surface area contributed by atoms with Gasteiger partial charge in [-0.15, -0.1) is 10.2 Å². The zero-order valence-corrected chi connectivity index (χ0v) is 10.8. The smallest absolute Gasteiger partial charge is 0.197 e. The van der Waals surface area contributed by atoms with Crippen LogP contribution in [0, 0.1) is 5.92 Å². The molecular weight excluding hydrogens is 262 g/mol. The van der Waals surface area contributed by atoms with E-state index in [4.69, 9.17) is 11.6 Å². The van der Waals surface area contributed by atoms with Gasteiger partial charge in [0.15, 0.2) is 20.0 Å². The van der Waals surface area contributed by atoms with E-state index in [0.717, 1.165) is 25.9 Å². The molecule has 1 aliphatic heterocycles. The molecule has 7 heteroatoms. The van der Waals surface area contributed by atoms with E-state index in [1.807, 2.05) is 0 Å². The molecule has 1 unspecified atom stereocenters. The van der Waals surface area contributed by atoms with Crippen LogP contribution in [-0.4, -0.2) is 37.5 Å².